The Labute approximate surface area is 129 Å². The lowest BCUT2D eigenvalue weighted by molar-refractivity contribution is 0.124. The highest BCUT2D eigenvalue weighted by Gasteiger charge is 2.16. The van der Waals surface area contributed by atoms with E-state index in [1.807, 2.05) is 39.8 Å². The molecule has 21 heavy (non-hydrogen) atoms. The van der Waals surface area contributed by atoms with Gasteiger partial charge < -0.3 is 15.2 Å². The zero-order valence-electron chi connectivity index (χ0n) is 12.6. The maximum Gasteiger partial charge on any atom is 0.241 e. The molecule has 1 aromatic carbocycles. The first kappa shape index (κ1) is 15.4. The van der Waals surface area contributed by atoms with E-state index in [-0.39, 0.29) is 5.60 Å². The van der Waals surface area contributed by atoms with Gasteiger partial charge in [0, 0.05) is 6.07 Å². The Bertz CT molecular complexity index is 651. The number of ether oxygens (including phenoxy) is 2. The predicted molar refractivity (Wildman–Crippen MR) is 85.3 cm³/mol. The fourth-order valence-corrected chi connectivity index (χ4v) is 1.82. The maximum atomic E-state index is 6.11. The van der Waals surface area contributed by atoms with Crippen LogP contribution in [0.4, 0.5) is 5.69 Å². The van der Waals surface area contributed by atoms with Crippen LogP contribution >= 0.6 is 11.6 Å². The third-order valence-electron chi connectivity index (χ3n) is 2.57. The lowest BCUT2D eigenvalue weighted by Crippen LogP contribution is -2.24. The summed E-state index contributed by atoms with van der Waals surface area (Å²) in [5.41, 5.74) is 7.00. The molecule has 0 aliphatic heterocycles. The van der Waals surface area contributed by atoms with Gasteiger partial charge in [0.1, 0.15) is 11.4 Å². The van der Waals surface area contributed by atoms with Gasteiger partial charge in [0.15, 0.2) is 0 Å². The molecular weight excluding hydrogens is 288 g/mol. The van der Waals surface area contributed by atoms with Crippen LogP contribution in [0, 0.1) is 6.92 Å². The SMILES string of the molecule is Cc1ccc(Cl)c(Oc2ccc(N)c(OC(C)(C)C)n2)c1. The van der Waals surface area contributed by atoms with E-state index in [1.54, 1.807) is 18.2 Å². The average Bonchev–Trinajstić information content (AvgIpc) is 2.36. The van der Waals surface area contributed by atoms with E-state index in [0.717, 1.165) is 5.56 Å². The van der Waals surface area contributed by atoms with Crippen molar-refractivity contribution < 1.29 is 9.47 Å². The summed E-state index contributed by atoms with van der Waals surface area (Å²) in [5, 5.41) is 0.525. The number of nitrogens with zero attached hydrogens (tertiary/aromatic N) is 1. The number of hydrogen-bond acceptors (Lipinski definition) is 4. The molecule has 0 amide bonds. The molecule has 0 atom stereocenters. The van der Waals surface area contributed by atoms with Gasteiger partial charge in [0.25, 0.3) is 0 Å². The van der Waals surface area contributed by atoms with E-state index in [1.165, 1.54) is 0 Å². The van der Waals surface area contributed by atoms with Gasteiger partial charge in [0.2, 0.25) is 11.8 Å². The second-order valence-corrected chi connectivity index (χ2v) is 6.20. The molecule has 0 aliphatic rings. The number of halogens is 1. The number of anilines is 1. The molecule has 0 spiro atoms. The van der Waals surface area contributed by atoms with Crippen LogP contribution in [0.2, 0.25) is 5.02 Å². The zero-order valence-corrected chi connectivity index (χ0v) is 13.4. The van der Waals surface area contributed by atoms with Crippen molar-refractivity contribution >= 4 is 17.3 Å². The third-order valence-corrected chi connectivity index (χ3v) is 2.88. The summed E-state index contributed by atoms with van der Waals surface area (Å²) < 4.78 is 11.4. The Morgan fingerprint density at radius 1 is 1.14 bits per heavy atom. The van der Waals surface area contributed by atoms with Gasteiger partial charge in [-0.1, -0.05) is 17.7 Å². The molecule has 1 heterocycles. The second kappa shape index (κ2) is 5.82. The Balaban J connectivity index is 2.29. The summed E-state index contributed by atoms with van der Waals surface area (Å²) >= 11 is 6.11. The number of aryl methyl sites for hydroxylation is 1. The highest BCUT2D eigenvalue weighted by atomic mass is 35.5. The van der Waals surface area contributed by atoms with Gasteiger partial charge >= 0.3 is 0 Å². The molecule has 0 bridgehead atoms. The Kier molecular flexibility index (Phi) is 4.28. The van der Waals surface area contributed by atoms with Crippen molar-refractivity contribution in [2.75, 3.05) is 5.73 Å². The van der Waals surface area contributed by atoms with Crippen molar-refractivity contribution in [2.45, 2.75) is 33.3 Å². The Hall–Kier alpha value is -1.94. The Morgan fingerprint density at radius 3 is 2.52 bits per heavy atom. The summed E-state index contributed by atoms with van der Waals surface area (Å²) in [6.07, 6.45) is 0. The molecule has 2 N–H and O–H groups in total. The van der Waals surface area contributed by atoms with Crippen molar-refractivity contribution in [2.24, 2.45) is 0 Å². The van der Waals surface area contributed by atoms with Crippen LogP contribution in [-0.2, 0) is 0 Å². The summed E-state index contributed by atoms with van der Waals surface area (Å²) in [5.74, 6) is 1.29. The largest absolute Gasteiger partial charge is 0.470 e. The van der Waals surface area contributed by atoms with Gasteiger partial charge in [-0.05, 0) is 51.5 Å². The molecule has 0 fully saturated rings. The van der Waals surface area contributed by atoms with Crippen molar-refractivity contribution in [3.8, 4) is 17.5 Å². The van der Waals surface area contributed by atoms with Crippen molar-refractivity contribution in [1.82, 2.24) is 4.98 Å². The summed E-state index contributed by atoms with van der Waals surface area (Å²) in [7, 11) is 0. The Morgan fingerprint density at radius 2 is 1.86 bits per heavy atom. The molecule has 0 saturated heterocycles. The van der Waals surface area contributed by atoms with Crippen LogP contribution in [0.25, 0.3) is 0 Å². The minimum absolute atomic E-state index is 0.351. The van der Waals surface area contributed by atoms with Crippen molar-refractivity contribution in [1.29, 1.82) is 0 Å². The molecule has 0 unspecified atom stereocenters. The normalized spacial score (nSPS) is 11.3. The topological polar surface area (TPSA) is 57.4 Å². The van der Waals surface area contributed by atoms with E-state index in [2.05, 4.69) is 4.98 Å². The third kappa shape index (κ3) is 4.26. The van der Waals surface area contributed by atoms with Gasteiger partial charge in [-0.2, -0.15) is 4.98 Å². The number of aromatic nitrogens is 1. The number of nitrogen functional groups attached to an aromatic ring is 1. The van der Waals surface area contributed by atoms with Gasteiger partial charge in [-0.3, -0.25) is 0 Å². The fraction of sp³-hybridized carbons (Fsp3) is 0.312. The number of benzene rings is 1. The highest BCUT2D eigenvalue weighted by molar-refractivity contribution is 6.32. The first-order valence-corrected chi connectivity index (χ1v) is 7.02. The summed E-state index contributed by atoms with van der Waals surface area (Å²) in [6, 6.07) is 8.94. The standard InChI is InChI=1S/C16H19ClN2O2/c1-10-5-6-11(17)13(9-10)20-14-8-7-12(18)15(19-14)21-16(2,3)4/h5-9H,18H2,1-4H3. The fourth-order valence-electron chi connectivity index (χ4n) is 1.66. The molecule has 1 aromatic heterocycles. The van der Waals surface area contributed by atoms with Crippen molar-refractivity contribution in [3.05, 3.63) is 40.9 Å². The summed E-state index contributed by atoms with van der Waals surface area (Å²) in [6.45, 7) is 7.75. The summed E-state index contributed by atoms with van der Waals surface area (Å²) in [4.78, 5) is 4.30. The molecule has 2 aromatic rings. The molecule has 0 radical (unpaired) electrons. The number of nitrogens with two attached hydrogens (primary N) is 1. The van der Waals surface area contributed by atoms with Gasteiger partial charge in [-0.25, -0.2) is 0 Å². The molecular formula is C16H19ClN2O2. The van der Waals surface area contributed by atoms with Crippen molar-refractivity contribution in [3.63, 3.8) is 0 Å². The van der Waals surface area contributed by atoms with E-state index < -0.39 is 0 Å². The van der Waals surface area contributed by atoms with Crippen LogP contribution in [0.15, 0.2) is 30.3 Å². The quantitative estimate of drug-likeness (QED) is 0.900. The molecule has 5 heteroatoms. The van der Waals surface area contributed by atoms with Crippen LogP contribution in [-0.4, -0.2) is 10.6 Å². The minimum atomic E-state index is -0.388. The molecule has 0 saturated carbocycles. The number of rotatable bonds is 3. The second-order valence-electron chi connectivity index (χ2n) is 5.79. The van der Waals surface area contributed by atoms with E-state index in [0.29, 0.717) is 28.2 Å². The molecule has 112 valence electrons. The van der Waals surface area contributed by atoms with E-state index in [9.17, 15) is 0 Å². The first-order chi connectivity index (χ1) is 9.74. The van der Waals surface area contributed by atoms with Crippen LogP contribution in [0.5, 0.6) is 17.5 Å². The highest BCUT2D eigenvalue weighted by Crippen LogP contribution is 2.32. The van der Waals surface area contributed by atoms with Crippen LogP contribution in [0.1, 0.15) is 26.3 Å². The van der Waals surface area contributed by atoms with Crippen LogP contribution in [0.3, 0.4) is 0 Å². The zero-order chi connectivity index (χ0) is 15.6. The average molecular weight is 307 g/mol. The predicted octanol–water partition coefficient (Wildman–Crippen LogP) is 4.60. The molecule has 2 rings (SSSR count). The first-order valence-electron chi connectivity index (χ1n) is 6.64. The lowest BCUT2D eigenvalue weighted by Gasteiger charge is -2.21. The number of pyridine rings is 1. The smallest absolute Gasteiger partial charge is 0.241 e. The van der Waals surface area contributed by atoms with Gasteiger partial charge in [-0.15, -0.1) is 0 Å². The van der Waals surface area contributed by atoms with E-state index in [4.69, 9.17) is 26.8 Å². The molecule has 0 aliphatic carbocycles. The van der Waals surface area contributed by atoms with Crippen LogP contribution < -0.4 is 15.2 Å². The monoisotopic (exact) mass is 306 g/mol. The van der Waals surface area contributed by atoms with Gasteiger partial charge in [0.05, 0.1) is 10.7 Å². The minimum Gasteiger partial charge on any atom is -0.470 e. The lowest BCUT2D eigenvalue weighted by atomic mass is 10.2. The molecule has 4 nitrogen and oxygen atoms in total. The van der Waals surface area contributed by atoms with E-state index >= 15 is 0 Å². The number of hydrogen-bond donors (Lipinski definition) is 1. The maximum absolute atomic E-state index is 6.11.